The molecule has 1 aliphatic rings. The molecule has 2 aromatic carbocycles. The molecule has 1 aromatic heterocycles. The van der Waals surface area contributed by atoms with E-state index in [9.17, 15) is 9.59 Å². The molecule has 0 unspecified atom stereocenters. The summed E-state index contributed by atoms with van der Waals surface area (Å²) in [6.45, 7) is 2.24. The minimum Gasteiger partial charge on any atom is -0.378 e. The predicted octanol–water partition coefficient (Wildman–Crippen LogP) is 3.52. The fourth-order valence-corrected chi connectivity index (χ4v) is 3.55. The van der Waals surface area contributed by atoms with Gasteiger partial charge in [0.05, 0.1) is 30.8 Å². The highest BCUT2D eigenvalue weighted by molar-refractivity contribution is 9.10. The van der Waals surface area contributed by atoms with Crippen LogP contribution in [0.1, 0.15) is 10.4 Å². The van der Waals surface area contributed by atoms with E-state index in [4.69, 9.17) is 4.74 Å². The van der Waals surface area contributed by atoms with Crippen molar-refractivity contribution < 1.29 is 14.3 Å². The third kappa shape index (κ3) is 4.77. The third-order valence-electron chi connectivity index (χ3n) is 4.80. The van der Waals surface area contributed by atoms with Crippen LogP contribution in [0.2, 0.25) is 0 Å². The highest BCUT2D eigenvalue weighted by Gasteiger charge is 2.21. The first-order valence-corrected chi connectivity index (χ1v) is 10.5. The molecule has 0 radical (unpaired) electrons. The van der Waals surface area contributed by atoms with Crippen LogP contribution >= 0.6 is 15.9 Å². The average Bonchev–Trinajstić information content (AvgIpc) is 2.79. The van der Waals surface area contributed by atoms with Crippen LogP contribution in [-0.2, 0) is 9.53 Å². The molecule has 30 heavy (non-hydrogen) atoms. The lowest BCUT2D eigenvalue weighted by Crippen LogP contribution is -2.40. The van der Waals surface area contributed by atoms with Crippen LogP contribution in [0.3, 0.4) is 0 Å². The van der Waals surface area contributed by atoms with Gasteiger partial charge in [0.15, 0.2) is 0 Å². The number of halogens is 1. The SMILES string of the molecule is O=C(CNc1cc(C(=O)N2CCOCC2)c2ccccc2n1)Nc1ccc(Br)cc1. The smallest absolute Gasteiger partial charge is 0.254 e. The lowest BCUT2D eigenvalue weighted by molar-refractivity contribution is -0.114. The normalized spacial score (nSPS) is 13.8. The summed E-state index contributed by atoms with van der Waals surface area (Å²) < 4.78 is 6.29. The number of rotatable bonds is 5. The molecule has 4 rings (SSSR count). The van der Waals surface area contributed by atoms with Crippen molar-refractivity contribution >= 4 is 50.2 Å². The van der Waals surface area contributed by atoms with Gasteiger partial charge in [-0.3, -0.25) is 9.59 Å². The van der Waals surface area contributed by atoms with Crippen LogP contribution < -0.4 is 10.6 Å². The number of anilines is 2. The average molecular weight is 469 g/mol. The Bertz CT molecular complexity index is 1070. The summed E-state index contributed by atoms with van der Waals surface area (Å²) in [5, 5.41) is 6.66. The first kappa shape index (κ1) is 20.3. The molecule has 0 aliphatic carbocycles. The number of amides is 2. The maximum atomic E-state index is 13.1. The number of para-hydroxylation sites is 1. The Labute approximate surface area is 182 Å². The van der Waals surface area contributed by atoms with E-state index in [0.29, 0.717) is 48.9 Å². The summed E-state index contributed by atoms with van der Waals surface area (Å²) in [5.41, 5.74) is 1.98. The molecule has 1 aliphatic heterocycles. The zero-order valence-corrected chi connectivity index (χ0v) is 17.8. The number of nitrogens with one attached hydrogen (secondary N) is 2. The van der Waals surface area contributed by atoms with Gasteiger partial charge in [0.2, 0.25) is 5.91 Å². The second-order valence-electron chi connectivity index (χ2n) is 6.89. The van der Waals surface area contributed by atoms with Crippen LogP contribution in [0.25, 0.3) is 10.9 Å². The Morgan fingerprint density at radius 1 is 1.07 bits per heavy atom. The van der Waals surface area contributed by atoms with E-state index >= 15 is 0 Å². The van der Waals surface area contributed by atoms with E-state index in [1.807, 2.05) is 48.5 Å². The molecule has 8 heteroatoms. The van der Waals surface area contributed by atoms with Crippen LogP contribution in [0.15, 0.2) is 59.1 Å². The van der Waals surface area contributed by atoms with Gasteiger partial charge in [-0.05, 0) is 36.4 Å². The highest BCUT2D eigenvalue weighted by Crippen LogP contribution is 2.23. The lowest BCUT2D eigenvalue weighted by Gasteiger charge is -2.27. The Balaban J connectivity index is 1.51. The fraction of sp³-hybridized carbons (Fsp3) is 0.227. The van der Waals surface area contributed by atoms with Crippen molar-refractivity contribution in [3.63, 3.8) is 0 Å². The number of nitrogens with zero attached hydrogens (tertiary/aromatic N) is 2. The molecule has 1 saturated heterocycles. The Hall–Kier alpha value is -2.97. The van der Waals surface area contributed by atoms with Gasteiger partial charge in [-0.2, -0.15) is 0 Å². The number of aromatic nitrogens is 1. The van der Waals surface area contributed by atoms with Crippen molar-refractivity contribution in [3.05, 3.63) is 64.6 Å². The van der Waals surface area contributed by atoms with Gasteiger partial charge in [0.25, 0.3) is 5.91 Å². The third-order valence-corrected chi connectivity index (χ3v) is 5.33. The van der Waals surface area contributed by atoms with Crippen LogP contribution in [0.5, 0.6) is 0 Å². The summed E-state index contributed by atoms with van der Waals surface area (Å²) in [6.07, 6.45) is 0. The van der Waals surface area contributed by atoms with E-state index in [2.05, 4.69) is 31.5 Å². The quantitative estimate of drug-likeness (QED) is 0.598. The molecular weight excluding hydrogens is 448 g/mol. The van der Waals surface area contributed by atoms with E-state index in [0.717, 1.165) is 9.86 Å². The summed E-state index contributed by atoms with van der Waals surface area (Å²) in [7, 11) is 0. The largest absolute Gasteiger partial charge is 0.378 e. The van der Waals surface area contributed by atoms with E-state index in [1.54, 1.807) is 11.0 Å². The van der Waals surface area contributed by atoms with Gasteiger partial charge in [-0.25, -0.2) is 4.98 Å². The molecular formula is C22H21BrN4O3. The minimum atomic E-state index is -0.201. The molecule has 1 fully saturated rings. The standard InChI is InChI=1S/C22H21BrN4O3/c23-15-5-7-16(8-6-15)25-21(28)14-24-20-13-18(17-3-1-2-4-19(17)26-20)22(29)27-9-11-30-12-10-27/h1-8,13H,9-12,14H2,(H,24,26)(H,25,28). The molecule has 0 spiro atoms. The number of ether oxygens (including phenoxy) is 1. The predicted molar refractivity (Wildman–Crippen MR) is 120 cm³/mol. The molecule has 3 aromatic rings. The molecule has 7 nitrogen and oxygen atoms in total. The van der Waals surface area contributed by atoms with Gasteiger partial charge in [-0.1, -0.05) is 34.1 Å². The summed E-state index contributed by atoms with van der Waals surface area (Å²) >= 11 is 3.37. The minimum absolute atomic E-state index is 0.0343. The molecule has 2 heterocycles. The van der Waals surface area contributed by atoms with Gasteiger partial charge < -0.3 is 20.3 Å². The Morgan fingerprint density at radius 2 is 1.80 bits per heavy atom. The molecule has 0 bridgehead atoms. The molecule has 0 atom stereocenters. The van der Waals surface area contributed by atoms with Crippen LogP contribution in [-0.4, -0.2) is 54.5 Å². The molecule has 0 saturated carbocycles. The number of hydrogen-bond donors (Lipinski definition) is 2. The number of carbonyl (C=O) groups is 2. The number of hydrogen-bond acceptors (Lipinski definition) is 5. The topological polar surface area (TPSA) is 83.6 Å². The Morgan fingerprint density at radius 3 is 2.57 bits per heavy atom. The first-order valence-electron chi connectivity index (χ1n) is 9.66. The molecule has 154 valence electrons. The van der Waals surface area contributed by atoms with Crippen molar-refractivity contribution in [2.75, 3.05) is 43.5 Å². The number of benzene rings is 2. The van der Waals surface area contributed by atoms with Gasteiger partial charge in [0, 0.05) is 28.6 Å². The molecule has 2 N–H and O–H groups in total. The summed E-state index contributed by atoms with van der Waals surface area (Å²) in [5.74, 6) is 0.226. The number of carbonyl (C=O) groups excluding carboxylic acids is 2. The number of morpholine rings is 1. The lowest BCUT2D eigenvalue weighted by atomic mass is 10.1. The van der Waals surface area contributed by atoms with Crippen LogP contribution in [0, 0.1) is 0 Å². The van der Waals surface area contributed by atoms with Crippen molar-refractivity contribution in [3.8, 4) is 0 Å². The van der Waals surface area contributed by atoms with Gasteiger partial charge in [-0.15, -0.1) is 0 Å². The molecule has 2 amide bonds. The zero-order chi connectivity index (χ0) is 20.9. The first-order chi connectivity index (χ1) is 14.6. The highest BCUT2D eigenvalue weighted by atomic mass is 79.9. The maximum absolute atomic E-state index is 13.1. The van der Waals surface area contributed by atoms with E-state index < -0.39 is 0 Å². The fourth-order valence-electron chi connectivity index (χ4n) is 3.29. The number of fused-ring (bicyclic) bond motifs is 1. The second-order valence-corrected chi connectivity index (χ2v) is 7.80. The van der Waals surface area contributed by atoms with Crippen molar-refractivity contribution in [2.45, 2.75) is 0 Å². The van der Waals surface area contributed by atoms with Gasteiger partial charge >= 0.3 is 0 Å². The maximum Gasteiger partial charge on any atom is 0.254 e. The van der Waals surface area contributed by atoms with Gasteiger partial charge in [0.1, 0.15) is 5.82 Å². The monoisotopic (exact) mass is 468 g/mol. The van der Waals surface area contributed by atoms with E-state index in [1.165, 1.54) is 0 Å². The zero-order valence-electron chi connectivity index (χ0n) is 16.2. The number of pyridine rings is 1. The van der Waals surface area contributed by atoms with Crippen LogP contribution in [0.4, 0.5) is 11.5 Å². The summed E-state index contributed by atoms with van der Waals surface area (Å²) in [6, 6.07) is 16.6. The second kappa shape index (κ2) is 9.23. The Kier molecular flexibility index (Phi) is 6.25. The summed E-state index contributed by atoms with van der Waals surface area (Å²) in [4.78, 5) is 31.8. The van der Waals surface area contributed by atoms with Crippen molar-refractivity contribution in [1.29, 1.82) is 0 Å². The van der Waals surface area contributed by atoms with Crippen molar-refractivity contribution in [1.82, 2.24) is 9.88 Å². The van der Waals surface area contributed by atoms with Crippen molar-refractivity contribution in [2.24, 2.45) is 0 Å². The van der Waals surface area contributed by atoms with E-state index in [-0.39, 0.29) is 18.4 Å².